The van der Waals surface area contributed by atoms with E-state index in [1.54, 1.807) is 6.92 Å². The van der Waals surface area contributed by atoms with Crippen molar-refractivity contribution in [3.8, 4) is 0 Å². The maximum Gasteiger partial charge on any atom is 0.407 e. The van der Waals surface area contributed by atoms with E-state index >= 15 is 0 Å². The second-order valence-corrected chi connectivity index (χ2v) is 2.99. The summed E-state index contributed by atoms with van der Waals surface area (Å²) in [6.07, 6.45) is -0.456. The molecule has 0 rings (SSSR count). The summed E-state index contributed by atoms with van der Waals surface area (Å²) >= 11 is 9.25. The molecule has 1 atom stereocenters. The summed E-state index contributed by atoms with van der Waals surface area (Å²) in [5.74, 6) is 0. The molecule has 0 radical (unpaired) electrons. The summed E-state index contributed by atoms with van der Waals surface area (Å²) in [6, 6.07) is 0. The number of alkyl carbamates (subject to hydrolysis) is 1. The Kier molecular flexibility index (Phi) is 5.63. The smallest absolute Gasteiger partial charge is 0.407 e. The highest BCUT2D eigenvalue weighted by molar-refractivity contribution is 7.82. The zero-order chi connectivity index (χ0) is 7.98. The highest BCUT2D eigenvalue weighted by Gasteiger charge is 2.01. The molecule has 0 saturated heterocycles. The van der Waals surface area contributed by atoms with E-state index in [4.69, 9.17) is 11.6 Å². The Hall–Kier alpha value is -0.0900. The Bertz CT molecular complexity index is 110. The van der Waals surface area contributed by atoms with Gasteiger partial charge in [0, 0.05) is 6.54 Å². The summed E-state index contributed by atoms with van der Waals surface area (Å²) < 4.78 is 4.19. The summed E-state index contributed by atoms with van der Waals surface area (Å²) in [6.45, 7) is 2.41. The lowest BCUT2D eigenvalue weighted by Gasteiger charge is -2.04. The second kappa shape index (κ2) is 5.68. The number of amides is 1. The summed E-state index contributed by atoms with van der Waals surface area (Å²) in [5.41, 5.74) is 0. The number of carbonyl (C=O) groups excluding carboxylic acids is 1. The molecule has 0 aliphatic heterocycles. The fraction of sp³-hybridized carbons (Fsp3) is 0.800. The first kappa shape index (κ1) is 9.91. The molecule has 1 N–H and O–H groups in total. The molecule has 3 nitrogen and oxygen atoms in total. The normalized spacial score (nSPS) is 12.3. The highest BCUT2D eigenvalue weighted by atomic mass is 35.5. The van der Waals surface area contributed by atoms with Crippen LogP contribution >= 0.6 is 24.2 Å². The molecule has 0 aromatic rings. The number of hydrogen-bond donors (Lipinski definition) is 2. The van der Waals surface area contributed by atoms with Crippen LogP contribution in [-0.4, -0.2) is 24.0 Å². The molecule has 0 aliphatic rings. The second-order valence-electron chi connectivity index (χ2n) is 1.54. The number of ether oxygens (including phenoxy) is 1. The molecule has 0 fully saturated rings. The standard InChI is InChI=1S/C5H10ClNO2S/c1-2-9-5(8)7-3-4(6)10/h4,10H,2-3H2,1H3,(H,7,8). The average molecular weight is 184 g/mol. The molecule has 60 valence electrons. The molecule has 0 aliphatic carbocycles. The van der Waals surface area contributed by atoms with Crippen LogP contribution in [0, 0.1) is 0 Å². The average Bonchev–Trinajstić information content (AvgIpc) is 1.85. The number of nitrogens with one attached hydrogen (secondary N) is 1. The number of rotatable bonds is 3. The van der Waals surface area contributed by atoms with Crippen LogP contribution in [0.25, 0.3) is 0 Å². The number of hydrogen-bond acceptors (Lipinski definition) is 3. The predicted molar refractivity (Wildman–Crippen MR) is 43.7 cm³/mol. The third-order valence-electron chi connectivity index (χ3n) is 0.690. The highest BCUT2D eigenvalue weighted by Crippen LogP contribution is 1.96. The quantitative estimate of drug-likeness (QED) is 0.510. The number of halogens is 1. The van der Waals surface area contributed by atoms with Crippen molar-refractivity contribution in [1.29, 1.82) is 0 Å². The van der Waals surface area contributed by atoms with Gasteiger partial charge in [-0.15, -0.1) is 11.6 Å². The number of thiol groups is 1. The van der Waals surface area contributed by atoms with Gasteiger partial charge in [0.15, 0.2) is 0 Å². The fourth-order valence-corrected chi connectivity index (χ4v) is 0.518. The molecule has 1 unspecified atom stereocenters. The Morgan fingerprint density at radius 1 is 1.90 bits per heavy atom. The lowest BCUT2D eigenvalue weighted by atomic mass is 10.7. The van der Waals surface area contributed by atoms with Crippen molar-refractivity contribution in [2.24, 2.45) is 0 Å². The summed E-state index contributed by atoms with van der Waals surface area (Å²) in [5, 5.41) is 2.41. The van der Waals surface area contributed by atoms with E-state index in [2.05, 4.69) is 22.7 Å². The first-order valence-corrected chi connectivity index (χ1v) is 3.85. The van der Waals surface area contributed by atoms with Crippen LogP contribution in [0.4, 0.5) is 4.79 Å². The zero-order valence-corrected chi connectivity index (χ0v) is 7.28. The van der Waals surface area contributed by atoms with Gasteiger partial charge < -0.3 is 10.1 Å². The van der Waals surface area contributed by atoms with Crippen molar-refractivity contribution in [3.63, 3.8) is 0 Å². The van der Waals surface area contributed by atoms with Gasteiger partial charge in [0.05, 0.1) is 11.3 Å². The number of alkyl halides is 1. The minimum absolute atomic E-state index is 0.309. The molecule has 0 saturated carbocycles. The fourth-order valence-electron chi connectivity index (χ4n) is 0.350. The van der Waals surface area contributed by atoms with Crippen molar-refractivity contribution in [1.82, 2.24) is 5.32 Å². The Balaban J connectivity index is 3.22. The minimum atomic E-state index is -0.456. The van der Waals surface area contributed by atoms with Crippen molar-refractivity contribution in [2.45, 2.75) is 11.6 Å². The monoisotopic (exact) mass is 183 g/mol. The molecule has 1 amide bonds. The van der Waals surface area contributed by atoms with Gasteiger partial charge in [-0.3, -0.25) is 0 Å². The van der Waals surface area contributed by atoms with E-state index in [9.17, 15) is 4.79 Å². The molecule has 0 aromatic carbocycles. The van der Waals surface area contributed by atoms with E-state index in [1.807, 2.05) is 0 Å². The van der Waals surface area contributed by atoms with Gasteiger partial charge in [0.1, 0.15) is 0 Å². The molecule has 0 aromatic heterocycles. The van der Waals surface area contributed by atoms with Gasteiger partial charge in [-0.2, -0.15) is 12.6 Å². The first-order valence-electron chi connectivity index (χ1n) is 2.89. The molecule has 0 bridgehead atoms. The Morgan fingerprint density at radius 3 is 2.90 bits per heavy atom. The van der Waals surface area contributed by atoms with Gasteiger partial charge in [0.25, 0.3) is 0 Å². The SMILES string of the molecule is CCOC(=O)NCC(S)Cl. The van der Waals surface area contributed by atoms with Crippen LogP contribution in [0.1, 0.15) is 6.92 Å². The van der Waals surface area contributed by atoms with Gasteiger partial charge >= 0.3 is 6.09 Å². The van der Waals surface area contributed by atoms with Crippen molar-refractivity contribution < 1.29 is 9.53 Å². The van der Waals surface area contributed by atoms with E-state index in [-0.39, 0.29) is 4.71 Å². The summed E-state index contributed by atoms with van der Waals surface area (Å²) in [7, 11) is 0. The maximum atomic E-state index is 10.5. The molecule has 10 heavy (non-hydrogen) atoms. The van der Waals surface area contributed by atoms with Crippen molar-refractivity contribution in [2.75, 3.05) is 13.2 Å². The van der Waals surface area contributed by atoms with Crippen LogP contribution in [0.15, 0.2) is 0 Å². The van der Waals surface area contributed by atoms with E-state index in [0.29, 0.717) is 13.2 Å². The molecular weight excluding hydrogens is 174 g/mol. The first-order chi connectivity index (χ1) is 4.66. The molecule has 5 heteroatoms. The zero-order valence-electron chi connectivity index (χ0n) is 5.63. The molecule has 0 heterocycles. The van der Waals surface area contributed by atoms with Crippen LogP contribution in [0.3, 0.4) is 0 Å². The lowest BCUT2D eigenvalue weighted by Crippen LogP contribution is -2.28. The minimum Gasteiger partial charge on any atom is -0.450 e. The van der Waals surface area contributed by atoms with Crippen LogP contribution < -0.4 is 5.32 Å². The number of carbonyl (C=O) groups is 1. The van der Waals surface area contributed by atoms with Crippen molar-refractivity contribution in [3.05, 3.63) is 0 Å². The van der Waals surface area contributed by atoms with Crippen LogP contribution in [0.2, 0.25) is 0 Å². The third kappa shape index (κ3) is 6.04. The van der Waals surface area contributed by atoms with Gasteiger partial charge in [-0.25, -0.2) is 4.79 Å². The molecule has 0 spiro atoms. The largest absolute Gasteiger partial charge is 0.450 e. The third-order valence-corrected chi connectivity index (χ3v) is 1.03. The van der Waals surface area contributed by atoms with E-state index < -0.39 is 6.09 Å². The van der Waals surface area contributed by atoms with E-state index in [1.165, 1.54) is 0 Å². The van der Waals surface area contributed by atoms with E-state index in [0.717, 1.165) is 0 Å². The van der Waals surface area contributed by atoms with Crippen molar-refractivity contribution >= 4 is 30.3 Å². The maximum absolute atomic E-state index is 10.5. The molecular formula is C5H10ClNO2S. The summed E-state index contributed by atoms with van der Waals surface area (Å²) in [4.78, 5) is 10.5. The van der Waals surface area contributed by atoms with Crippen LogP contribution in [0.5, 0.6) is 0 Å². The van der Waals surface area contributed by atoms with Gasteiger partial charge in [-0.1, -0.05) is 0 Å². The van der Waals surface area contributed by atoms with Gasteiger partial charge in [-0.05, 0) is 6.92 Å². The predicted octanol–water partition coefficient (Wildman–Crippen LogP) is 1.23. The topological polar surface area (TPSA) is 38.3 Å². The Morgan fingerprint density at radius 2 is 2.50 bits per heavy atom. The Labute approximate surface area is 70.5 Å². The van der Waals surface area contributed by atoms with Gasteiger partial charge in [0.2, 0.25) is 0 Å². The lowest BCUT2D eigenvalue weighted by molar-refractivity contribution is 0.152. The van der Waals surface area contributed by atoms with Crippen LogP contribution in [-0.2, 0) is 4.74 Å².